The van der Waals surface area contributed by atoms with E-state index in [-0.39, 0.29) is 36.5 Å². The number of ether oxygens (including phenoxy) is 3. The Morgan fingerprint density at radius 1 is 1.24 bits per heavy atom. The molecule has 0 aliphatic carbocycles. The number of fused-ring (bicyclic) bond motifs is 1. The Labute approximate surface area is 173 Å². The zero-order valence-corrected chi connectivity index (χ0v) is 18.2. The Hall–Kier alpha value is -2.16. The fourth-order valence-electron chi connectivity index (χ4n) is 3.36. The Morgan fingerprint density at radius 2 is 1.97 bits per heavy atom. The lowest BCUT2D eigenvalue weighted by atomic mass is 10.0. The van der Waals surface area contributed by atoms with Gasteiger partial charge >= 0.3 is 0 Å². The van der Waals surface area contributed by atoms with Gasteiger partial charge in [-0.1, -0.05) is 6.92 Å². The molecule has 2 rings (SSSR count). The number of hydrogen-bond donors (Lipinski definition) is 1. The number of nitrogens with zero attached hydrogens (tertiary/aromatic N) is 2. The van der Waals surface area contributed by atoms with Gasteiger partial charge in [0.25, 0.3) is 5.91 Å². The van der Waals surface area contributed by atoms with Crippen LogP contribution in [0.3, 0.4) is 0 Å². The number of carbonyl (C=O) groups is 2. The molecule has 0 saturated carbocycles. The van der Waals surface area contributed by atoms with Crippen LogP contribution in [0.2, 0.25) is 0 Å². The number of hydrogen-bond acceptors (Lipinski definition) is 6. The molecule has 0 saturated heterocycles. The topological polar surface area (TPSA) is 80.3 Å². The minimum atomic E-state index is -0.269. The number of methoxy groups -OCH3 is 2. The van der Waals surface area contributed by atoms with Crippen LogP contribution in [0.5, 0.6) is 5.75 Å². The summed E-state index contributed by atoms with van der Waals surface area (Å²) in [6.07, 6.45) is -0.0741. The zero-order chi connectivity index (χ0) is 21.6. The summed E-state index contributed by atoms with van der Waals surface area (Å²) in [7, 11) is 6.96. The third kappa shape index (κ3) is 6.16. The normalized spacial score (nSPS) is 24.1. The quantitative estimate of drug-likeness (QED) is 0.819. The first-order valence-corrected chi connectivity index (χ1v) is 9.80. The Morgan fingerprint density at radius 3 is 2.62 bits per heavy atom. The van der Waals surface area contributed by atoms with E-state index in [1.165, 1.54) is 7.11 Å². The lowest BCUT2D eigenvalue weighted by Gasteiger charge is -2.34. The summed E-state index contributed by atoms with van der Waals surface area (Å²) in [5, 5.41) is 2.75. The fraction of sp³-hybridized carbons (Fsp3) is 0.619. The molecule has 0 fully saturated rings. The average Bonchev–Trinajstić information content (AvgIpc) is 2.68. The molecule has 1 N–H and O–H groups in total. The van der Waals surface area contributed by atoms with Crippen molar-refractivity contribution >= 4 is 17.5 Å². The molecule has 2 amide bonds. The van der Waals surface area contributed by atoms with E-state index in [1.807, 2.05) is 0 Å². The van der Waals surface area contributed by atoms with E-state index in [2.05, 4.69) is 31.1 Å². The summed E-state index contributed by atoms with van der Waals surface area (Å²) in [4.78, 5) is 28.8. The van der Waals surface area contributed by atoms with Crippen molar-refractivity contribution in [2.45, 2.75) is 26.0 Å². The van der Waals surface area contributed by atoms with Crippen LogP contribution in [0, 0.1) is 5.92 Å². The minimum Gasteiger partial charge on any atom is -0.491 e. The van der Waals surface area contributed by atoms with Crippen molar-refractivity contribution in [1.82, 2.24) is 9.80 Å². The summed E-state index contributed by atoms with van der Waals surface area (Å²) >= 11 is 0. The van der Waals surface area contributed by atoms with Gasteiger partial charge in [0.1, 0.15) is 19.0 Å². The van der Waals surface area contributed by atoms with Crippen molar-refractivity contribution < 1.29 is 23.8 Å². The average molecular weight is 408 g/mol. The van der Waals surface area contributed by atoms with Gasteiger partial charge in [0.15, 0.2) is 0 Å². The molecular weight excluding hydrogens is 374 g/mol. The van der Waals surface area contributed by atoms with Crippen molar-refractivity contribution in [2.24, 2.45) is 5.92 Å². The number of anilines is 1. The zero-order valence-electron chi connectivity index (χ0n) is 18.2. The maximum Gasteiger partial charge on any atom is 0.257 e. The molecule has 0 bridgehead atoms. The third-order valence-corrected chi connectivity index (χ3v) is 5.32. The van der Waals surface area contributed by atoms with Gasteiger partial charge in [-0.15, -0.1) is 0 Å². The highest BCUT2D eigenvalue weighted by molar-refractivity contribution is 5.98. The second kappa shape index (κ2) is 10.6. The van der Waals surface area contributed by atoms with Crippen LogP contribution in [0.25, 0.3) is 0 Å². The molecule has 1 aromatic rings. The maximum atomic E-state index is 13.1. The van der Waals surface area contributed by atoms with Gasteiger partial charge < -0.3 is 24.4 Å². The molecule has 8 nitrogen and oxygen atoms in total. The summed E-state index contributed by atoms with van der Waals surface area (Å²) in [5.41, 5.74) is 1.01. The SMILES string of the molecule is COCC(=O)Nc1ccc2c(c1)OC[C@@H](C)N(C)C[C@H](C)[C@H](OC)CN(C)C2=O. The number of rotatable bonds is 4. The molecule has 1 aliphatic heterocycles. The monoisotopic (exact) mass is 407 g/mol. The Kier molecular flexibility index (Phi) is 8.43. The number of carbonyl (C=O) groups excluding carboxylic acids is 2. The van der Waals surface area contributed by atoms with E-state index in [0.29, 0.717) is 30.2 Å². The number of benzene rings is 1. The van der Waals surface area contributed by atoms with Crippen molar-refractivity contribution in [3.05, 3.63) is 23.8 Å². The van der Waals surface area contributed by atoms with E-state index >= 15 is 0 Å². The lowest BCUT2D eigenvalue weighted by Crippen LogP contribution is -2.45. The third-order valence-electron chi connectivity index (χ3n) is 5.32. The van der Waals surface area contributed by atoms with Crippen LogP contribution in [0.1, 0.15) is 24.2 Å². The molecule has 1 heterocycles. The van der Waals surface area contributed by atoms with Gasteiger partial charge in [-0.3, -0.25) is 14.5 Å². The highest BCUT2D eigenvalue weighted by atomic mass is 16.5. The van der Waals surface area contributed by atoms with Gasteiger partial charge in [-0.25, -0.2) is 0 Å². The first-order valence-electron chi connectivity index (χ1n) is 9.80. The van der Waals surface area contributed by atoms with Crippen LogP contribution in [0.4, 0.5) is 5.69 Å². The molecule has 8 heteroatoms. The van der Waals surface area contributed by atoms with Crippen molar-refractivity contribution in [3.63, 3.8) is 0 Å². The highest BCUT2D eigenvalue weighted by Gasteiger charge is 2.27. The Balaban J connectivity index is 2.35. The molecule has 29 heavy (non-hydrogen) atoms. The van der Waals surface area contributed by atoms with E-state index in [4.69, 9.17) is 14.2 Å². The van der Waals surface area contributed by atoms with Crippen molar-refractivity contribution in [3.8, 4) is 5.75 Å². The Bertz CT molecular complexity index is 712. The molecule has 3 atom stereocenters. The first-order chi connectivity index (χ1) is 13.8. The fourth-order valence-corrected chi connectivity index (χ4v) is 3.36. The van der Waals surface area contributed by atoms with Crippen LogP contribution in [-0.2, 0) is 14.3 Å². The molecule has 0 unspecified atom stereocenters. The summed E-state index contributed by atoms with van der Waals surface area (Å²) < 4.78 is 16.5. The summed E-state index contributed by atoms with van der Waals surface area (Å²) in [5.74, 6) is 0.277. The van der Waals surface area contributed by atoms with Gasteiger partial charge in [0.2, 0.25) is 5.91 Å². The van der Waals surface area contributed by atoms with Crippen LogP contribution in [-0.4, -0.2) is 88.4 Å². The van der Waals surface area contributed by atoms with E-state index in [0.717, 1.165) is 6.54 Å². The largest absolute Gasteiger partial charge is 0.491 e. The number of nitrogens with one attached hydrogen (secondary N) is 1. The van der Waals surface area contributed by atoms with Crippen molar-refractivity contribution in [2.75, 3.05) is 59.9 Å². The van der Waals surface area contributed by atoms with E-state index in [1.54, 1.807) is 37.3 Å². The van der Waals surface area contributed by atoms with E-state index in [9.17, 15) is 9.59 Å². The molecule has 162 valence electrons. The minimum absolute atomic E-state index is 0.0436. The van der Waals surface area contributed by atoms with Gasteiger partial charge in [0.05, 0.1) is 11.7 Å². The number of amides is 2. The van der Waals surface area contributed by atoms with Crippen molar-refractivity contribution in [1.29, 1.82) is 0 Å². The van der Waals surface area contributed by atoms with Crippen LogP contribution in [0.15, 0.2) is 18.2 Å². The highest BCUT2D eigenvalue weighted by Crippen LogP contribution is 2.26. The molecule has 1 aliphatic rings. The molecular formula is C21H33N3O5. The second-order valence-corrected chi connectivity index (χ2v) is 7.73. The summed E-state index contributed by atoms with van der Waals surface area (Å²) in [6.45, 7) is 5.89. The van der Waals surface area contributed by atoms with Gasteiger partial charge in [0, 0.05) is 52.2 Å². The molecule has 0 spiro atoms. The predicted octanol–water partition coefficient (Wildman–Crippen LogP) is 1.71. The first kappa shape index (κ1) is 23.1. The molecule has 0 aromatic heterocycles. The smallest absolute Gasteiger partial charge is 0.257 e. The lowest BCUT2D eigenvalue weighted by molar-refractivity contribution is -0.119. The molecule has 0 radical (unpaired) electrons. The standard InChI is InChI=1S/C21H33N3O5/c1-14-10-23(3)15(2)12-29-18-9-16(22-20(25)13-27-5)7-8-17(18)21(26)24(4)11-19(14)28-6/h7-9,14-15,19H,10-13H2,1-6H3,(H,22,25)/t14-,15+,19+/m0/s1. The van der Waals surface area contributed by atoms with Crippen LogP contribution >= 0.6 is 0 Å². The van der Waals surface area contributed by atoms with Gasteiger partial charge in [-0.05, 0) is 32.0 Å². The summed E-state index contributed by atoms with van der Waals surface area (Å²) in [6, 6.07) is 5.20. The van der Waals surface area contributed by atoms with E-state index < -0.39 is 0 Å². The number of likely N-dealkylation sites (N-methyl/N-ethyl adjacent to an activating group) is 2. The van der Waals surface area contributed by atoms with Crippen LogP contribution < -0.4 is 10.1 Å². The molecule has 1 aromatic carbocycles. The van der Waals surface area contributed by atoms with Gasteiger partial charge in [-0.2, -0.15) is 0 Å². The maximum absolute atomic E-state index is 13.1. The predicted molar refractivity (Wildman–Crippen MR) is 111 cm³/mol. The second-order valence-electron chi connectivity index (χ2n) is 7.73.